The fourth-order valence-electron chi connectivity index (χ4n) is 10.0. The molecule has 0 N–H and O–H groups in total. The molecule has 0 radical (unpaired) electrons. The van der Waals surface area contributed by atoms with Crippen molar-refractivity contribution < 1.29 is 21.3 Å². The molecule has 8 aromatic rings. The van der Waals surface area contributed by atoms with Crippen LogP contribution in [0.25, 0.3) is 54.9 Å². The Hall–Kier alpha value is -5.49. The number of benzene rings is 8. The average Bonchev–Trinajstić information content (AvgIpc) is 3.93. The van der Waals surface area contributed by atoms with Gasteiger partial charge in [-0.05, 0) is 0 Å². The first-order chi connectivity index (χ1) is 29.1. The van der Waals surface area contributed by atoms with Gasteiger partial charge in [0.1, 0.15) is 0 Å². The van der Waals surface area contributed by atoms with Gasteiger partial charge in [0, 0.05) is 0 Å². The summed E-state index contributed by atoms with van der Waals surface area (Å²) in [6.07, 6.45) is 9.19. The molecular formula is C59H52Zr. The molecule has 0 saturated carbocycles. The molecule has 0 heterocycles. The van der Waals surface area contributed by atoms with Crippen LogP contribution in [0, 0.1) is 0 Å². The van der Waals surface area contributed by atoms with Crippen LogP contribution < -0.4 is 3.27 Å². The number of rotatable bonds is 6. The molecule has 0 unspecified atom stereocenters. The molecule has 0 aliphatic heterocycles. The third-order valence-corrected chi connectivity index (χ3v) is 20.4. The van der Waals surface area contributed by atoms with Gasteiger partial charge in [-0.1, -0.05) is 0 Å². The SMILES string of the molecule is CC(C)(C)c1cc2c(cc1-c1ccccc1)Cc1c-2cc(C(C)(C)C)c(-c2ccccc2)[c]1[Zr]([C]1=CC=CC1)=[C](c1cccc2ccccc12)c1cccc2ccccc12. The molecular weight excluding hydrogens is 800 g/mol. The van der Waals surface area contributed by atoms with Gasteiger partial charge in [-0.3, -0.25) is 0 Å². The summed E-state index contributed by atoms with van der Waals surface area (Å²) in [7, 11) is 0. The summed E-state index contributed by atoms with van der Waals surface area (Å²) in [6, 6.07) is 62.5. The van der Waals surface area contributed by atoms with E-state index in [2.05, 4.69) is 224 Å². The van der Waals surface area contributed by atoms with Crippen molar-refractivity contribution in [3.63, 3.8) is 0 Å². The maximum atomic E-state index is 2.62. The summed E-state index contributed by atoms with van der Waals surface area (Å²) < 4.78 is 4.85. The standard InChI is InChI=1S/C33H33.C21H14.C5H5.Zr/c1-32(2,3)30-20-26-24(18-28(30)22-13-9-7-10-14-22)17-25-19-29(23-15-11-8-12-16-23)31(21-27(25)26)33(4,5)6;1-3-13-20-16(7-1)9-5-11-18(20)15-19-12-6-10-17-8-2-4-14-21(17)19;1-2-4-5-3-1;/h7-16,18,20-21H,17H2,1-6H3;1-14H;1-3H,4H2;. The van der Waals surface area contributed by atoms with Crippen LogP contribution in [-0.4, -0.2) is 3.21 Å². The predicted octanol–water partition coefficient (Wildman–Crippen LogP) is 14.8. The quantitative estimate of drug-likeness (QED) is 0.156. The van der Waals surface area contributed by atoms with E-state index in [1.165, 1.54) is 82.7 Å². The predicted molar refractivity (Wildman–Crippen MR) is 256 cm³/mol. The van der Waals surface area contributed by atoms with E-state index in [0.29, 0.717) is 0 Å². The minimum absolute atomic E-state index is 0.0342. The van der Waals surface area contributed by atoms with E-state index < -0.39 is 21.3 Å². The zero-order valence-corrected chi connectivity index (χ0v) is 38.2. The first kappa shape index (κ1) is 38.7. The molecule has 0 spiro atoms. The van der Waals surface area contributed by atoms with E-state index in [1.807, 2.05) is 0 Å². The molecule has 10 rings (SSSR count). The van der Waals surface area contributed by atoms with Crippen LogP contribution in [0.5, 0.6) is 0 Å². The van der Waals surface area contributed by atoms with Crippen LogP contribution in [0.3, 0.4) is 0 Å². The summed E-state index contributed by atoms with van der Waals surface area (Å²) in [6.45, 7) is 14.4. The van der Waals surface area contributed by atoms with Crippen LogP contribution >= 0.6 is 0 Å². The Labute approximate surface area is 364 Å². The Morgan fingerprint density at radius 2 is 1.03 bits per heavy atom. The fourth-order valence-corrected chi connectivity index (χ4v) is 18.6. The van der Waals surface area contributed by atoms with Crippen LogP contribution in [0.4, 0.5) is 0 Å². The Morgan fingerprint density at radius 1 is 0.500 bits per heavy atom. The van der Waals surface area contributed by atoms with Crippen LogP contribution in [0.2, 0.25) is 0 Å². The van der Waals surface area contributed by atoms with Crippen molar-refractivity contribution in [1.29, 1.82) is 0 Å². The van der Waals surface area contributed by atoms with E-state index in [9.17, 15) is 0 Å². The van der Waals surface area contributed by atoms with Crippen LogP contribution in [-0.2, 0) is 38.5 Å². The molecule has 0 amide bonds. The molecule has 1 heteroatoms. The van der Waals surface area contributed by atoms with Crippen molar-refractivity contribution in [3.8, 4) is 33.4 Å². The second-order valence-corrected chi connectivity index (χ2v) is 24.7. The molecule has 0 saturated heterocycles. The van der Waals surface area contributed by atoms with Gasteiger partial charge < -0.3 is 0 Å². The number of hydrogen-bond acceptors (Lipinski definition) is 0. The van der Waals surface area contributed by atoms with Gasteiger partial charge in [0.05, 0.1) is 0 Å². The third kappa shape index (κ3) is 6.77. The number of allylic oxidation sites excluding steroid dienone is 4. The second-order valence-electron chi connectivity index (χ2n) is 18.8. The van der Waals surface area contributed by atoms with Gasteiger partial charge >= 0.3 is 367 Å². The zero-order chi connectivity index (χ0) is 41.2. The molecule has 0 bridgehead atoms. The van der Waals surface area contributed by atoms with E-state index in [-0.39, 0.29) is 10.8 Å². The first-order valence-corrected chi connectivity index (χ1v) is 25.3. The summed E-state index contributed by atoms with van der Waals surface area (Å²) in [4.78, 5) is 0. The third-order valence-electron chi connectivity index (χ3n) is 12.8. The van der Waals surface area contributed by atoms with Crippen molar-refractivity contribution in [2.75, 3.05) is 0 Å². The fraction of sp³-hybridized carbons (Fsp3) is 0.169. The van der Waals surface area contributed by atoms with Gasteiger partial charge in [0.15, 0.2) is 0 Å². The molecule has 0 fully saturated rings. The molecule has 292 valence electrons. The van der Waals surface area contributed by atoms with Crippen molar-refractivity contribution in [2.45, 2.75) is 65.2 Å². The molecule has 8 aromatic carbocycles. The normalized spacial score (nSPS) is 13.4. The Bertz CT molecular complexity index is 2980. The average molecular weight is 852 g/mol. The summed E-state index contributed by atoms with van der Waals surface area (Å²) in [5, 5.41) is 5.26. The molecule has 60 heavy (non-hydrogen) atoms. The maximum absolute atomic E-state index is 3.26. The number of hydrogen-bond donors (Lipinski definition) is 0. The Balaban J connectivity index is 1.42. The Kier molecular flexibility index (Phi) is 9.81. The van der Waals surface area contributed by atoms with Gasteiger partial charge in [0.2, 0.25) is 0 Å². The van der Waals surface area contributed by atoms with Crippen molar-refractivity contribution >= 4 is 28.0 Å². The Morgan fingerprint density at radius 3 is 1.60 bits per heavy atom. The second kappa shape index (κ2) is 15.2. The van der Waals surface area contributed by atoms with Crippen molar-refractivity contribution in [3.05, 3.63) is 219 Å². The molecule has 0 atom stereocenters. The number of fused-ring (bicyclic) bond motifs is 5. The summed E-state index contributed by atoms with van der Waals surface area (Å²) in [5.41, 5.74) is 16.8. The van der Waals surface area contributed by atoms with Crippen LogP contribution in [0.15, 0.2) is 185 Å². The molecule has 2 aliphatic rings. The van der Waals surface area contributed by atoms with Crippen LogP contribution in [0.1, 0.15) is 81.3 Å². The van der Waals surface area contributed by atoms with Gasteiger partial charge in [0.25, 0.3) is 0 Å². The van der Waals surface area contributed by atoms with E-state index in [1.54, 1.807) is 15.3 Å². The van der Waals surface area contributed by atoms with Gasteiger partial charge in [-0.25, -0.2) is 0 Å². The monoisotopic (exact) mass is 850 g/mol. The van der Waals surface area contributed by atoms with E-state index in [0.717, 1.165) is 12.8 Å². The molecule has 2 aliphatic carbocycles. The minimum atomic E-state index is -3.26. The van der Waals surface area contributed by atoms with Crippen molar-refractivity contribution in [2.24, 2.45) is 0 Å². The summed E-state index contributed by atoms with van der Waals surface area (Å²) in [5.74, 6) is 0. The topological polar surface area (TPSA) is 0 Å². The molecule has 0 nitrogen and oxygen atoms in total. The van der Waals surface area contributed by atoms with Gasteiger partial charge in [-0.2, -0.15) is 0 Å². The van der Waals surface area contributed by atoms with Gasteiger partial charge in [-0.15, -0.1) is 0 Å². The van der Waals surface area contributed by atoms with E-state index in [4.69, 9.17) is 0 Å². The first-order valence-electron chi connectivity index (χ1n) is 21.6. The van der Waals surface area contributed by atoms with Crippen molar-refractivity contribution in [1.82, 2.24) is 0 Å². The molecule has 0 aromatic heterocycles. The van der Waals surface area contributed by atoms with E-state index >= 15 is 0 Å². The summed E-state index contributed by atoms with van der Waals surface area (Å²) >= 11 is -3.26. The zero-order valence-electron chi connectivity index (χ0n) is 35.7.